The van der Waals surface area contributed by atoms with Crippen molar-refractivity contribution in [3.63, 3.8) is 0 Å². The predicted molar refractivity (Wildman–Crippen MR) is 71.2 cm³/mol. The third-order valence-electron chi connectivity index (χ3n) is 3.62. The van der Waals surface area contributed by atoms with Crippen molar-refractivity contribution in [1.82, 2.24) is 20.0 Å². The molecule has 0 saturated carbocycles. The number of hydrogen-bond donors (Lipinski definition) is 0. The van der Waals surface area contributed by atoms with Gasteiger partial charge in [0.2, 0.25) is 5.89 Å². The highest BCUT2D eigenvalue weighted by molar-refractivity contribution is 5.94. The molecular weight excluding hydrogens is 313 g/mol. The molecule has 0 aliphatic carbocycles. The van der Waals surface area contributed by atoms with Crippen molar-refractivity contribution < 1.29 is 22.5 Å². The maximum absolute atomic E-state index is 13.8. The van der Waals surface area contributed by atoms with Crippen LogP contribution >= 0.6 is 0 Å². The average Bonchev–Trinajstić information content (AvgIpc) is 3.10. The van der Waals surface area contributed by atoms with Gasteiger partial charge in [0.15, 0.2) is 11.6 Å². The van der Waals surface area contributed by atoms with Gasteiger partial charge in [0, 0.05) is 19.0 Å². The van der Waals surface area contributed by atoms with E-state index in [0.717, 1.165) is 17.2 Å². The molecule has 9 heteroatoms. The van der Waals surface area contributed by atoms with E-state index in [1.807, 2.05) is 0 Å². The zero-order valence-electron chi connectivity index (χ0n) is 12.2. The van der Waals surface area contributed by atoms with Crippen LogP contribution in [0.2, 0.25) is 0 Å². The maximum Gasteiger partial charge on any atom is 0.267 e. The van der Waals surface area contributed by atoms with Crippen molar-refractivity contribution in [2.24, 2.45) is 0 Å². The highest BCUT2D eigenvalue weighted by Crippen LogP contribution is 2.41. The van der Waals surface area contributed by atoms with E-state index in [9.17, 15) is 18.0 Å². The second-order valence-corrected chi connectivity index (χ2v) is 5.27. The number of alkyl halides is 2. The molecule has 1 aliphatic heterocycles. The fraction of sp³-hybridized carbons (Fsp3) is 0.429. The minimum absolute atomic E-state index is 0.0677. The second kappa shape index (κ2) is 5.64. The average molecular weight is 326 g/mol. The van der Waals surface area contributed by atoms with Gasteiger partial charge in [0.05, 0.1) is 18.3 Å². The van der Waals surface area contributed by atoms with Crippen molar-refractivity contribution in [3.05, 3.63) is 41.6 Å². The number of halogens is 3. The minimum Gasteiger partial charge on any atom is -0.337 e. The lowest BCUT2D eigenvalue weighted by atomic mass is 10.1. The van der Waals surface area contributed by atoms with E-state index in [-0.39, 0.29) is 11.5 Å². The number of pyridine rings is 1. The Bertz CT molecular complexity index is 734. The molecule has 1 aliphatic rings. The van der Waals surface area contributed by atoms with Gasteiger partial charge < -0.3 is 9.42 Å². The van der Waals surface area contributed by atoms with E-state index < -0.39 is 36.7 Å². The van der Waals surface area contributed by atoms with Gasteiger partial charge in [-0.05, 0) is 6.07 Å². The Morgan fingerprint density at radius 3 is 2.96 bits per heavy atom. The van der Waals surface area contributed by atoms with E-state index in [4.69, 9.17) is 4.52 Å². The lowest BCUT2D eigenvalue weighted by molar-refractivity contribution is 0.0116. The molecular formula is C14H13F3N4O2. The summed E-state index contributed by atoms with van der Waals surface area (Å²) >= 11 is 0. The fourth-order valence-corrected chi connectivity index (χ4v) is 2.50. The minimum atomic E-state index is -3.11. The lowest BCUT2D eigenvalue weighted by Crippen LogP contribution is -2.33. The molecule has 2 aromatic rings. The molecule has 23 heavy (non-hydrogen) atoms. The first kappa shape index (κ1) is 15.4. The summed E-state index contributed by atoms with van der Waals surface area (Å²) in [5, 5.41) is 3.66. The number of amides is 1. The molecule has 2 aromatic heterocycles. The summed E-state index contributed by atoms with van der Waals surface area (Å²) in [6.45, 7) is 0.954. The Balaban J connectivity index is 1.95. The second-order valence-electron chi connectivity index (χ2n) is 5.27. The van der Waals surface area contributed by atoms with Gasteiger partial charge in [-0.25, -0.2) is 13.2 Å². The van der Waals surface area contributed by atoms with Crippen LogP contribution in [0.4, 0.5) is 13.2 Å². The number of aryl methyl sites for hydroxylation is 1. The summed E-state index contributed by atoms with van der Waals surface area (Å²) in [5.74, 6) is -4.54. The molecule has 3 heterocycles. The molecule has 1 saturated heterocycles. The van der Waals surface area contributed by atoms with Gasteiger partial charge in [0.1, 0.15) is 6.04 Å². The SMILES string of the molecule is CCc1noc([C@@H]2CC(F)(F)CN2C(=O)c2ccncc2F)n1. The van der Waals surface area contributed by atoms with Crippen LogP contribution in [0.1, 0.15) is 41.5 Å². The first-order chi connectivity index (χ1) is 10.9. The van der Waals surface area contributed by atoms with Crippen molar-refractivity contribution in [3.8, 4) is 0 Å². The number of carbonyl (C=O) groups is 1. The third-order valence-corrected chi connectivity index (χ3v) is 3.62. The van der Waals surface area contributed by atoms with Gasteiger partial charge in [0.25, 0.3) is 11.8 Å². The molecule has 0 spiro atoms. The summed E-state index contributed by atoms with van der Waals surface area (Å²) in [6.07, 6.45) is 1.91. The first-order valence-corrected chi connectivity index (χ1v) is 7.02. The fourth-order valence-electron chi connectivity index (χ4n) is 2.50. The molecule has 0 N–H and O–H groups in total. The van der Waals surface area contributed by atoms with Gasteiger partial charge >= 0.3 is 0 Å². The van der Waals surface area contributed by atoms with Gasteiger partial charge in [-0.15, -0.1) is 0 Å². The highest BCUT2D eigenvalue weighted by atomic mass is 19.3. The van der Waals surface area contributed by atoms with Crippen LogP contribution in [0.3, 0.4) is 0 Å². The van der Waals surface area contributed by atoms with Crippen LogP contribution in [0.25, 0.3) is 0 Å². The molecule has 1 fully saturated rings. The first-order valence-electron chi connectivity index (χ1n) is 7.02. The van der Waals surface area contributed by atoms with Crippen molar-refractivity contribution in [1.29, 1.82) is 0 Å². The van der Waals surface area contributed by atoms with Gasteiger partial charge in [-0.3, -0.25) is 9.78 Å². The van der Waals surface area contributed by atoms with E-state index in [1.165, 1.54) is 6.20 Å². The monoisotopic (exact) mass is 326 g/mol. The Labute approximate surface area is 129 Å². The van der Waals surface area contributed by atoms with Crippen LogP contribution in [0.15, 0.2) is 23.0 Å². The highest BCUT2D eigenvalue weighted by Gasteiger charge is 2.50. The van der Waals surface area contributed by atoms with E-state index in [0.29, 0.717) is 12.2 Å². The molecule has 122 valence electrons. The van der Waals surface area contributed by atoms with Crippen LogP contribution in [0, 0.1) is 5.82 Å². The standard InChI is InChI=1S/C14H13F3N4O2/c1-2-11-19-12(23-20-11)10-5-14(16,17)7-21(10)13(22)8-3-4-18-6-9(8)15/h3-4,6,10H,2,5,7H2,1H3/t10-/m0/s1. The van der Waals surface area contributed by atoms with Crippen LogP contribution in [-0.4, -0.2) is 38.4 Å². The number of rotatable bonds is 3. The Kier molecular flexibility index (Phi) is 3.78. The van der Waals surface area contributed by atoms with Gasteiger partial charge in [-0.1, -0.05) is 12.1 Å². The number of carbonyl (C=O) groups excluding carboxylic acids is 1. The molecule has 6 nitrogen and oxygen atoms in total. The van der Waals surface area contributed by atoms with E-state index >= 15 is 0 Å². The van der Waals surface area contributed by atoms with Crippen molar-refractivity contribution in [2.45, 2.75) is 31.7 Å². The summed E-state index contributed by atoms with van der Waals surface area (Å²) in [5.41, 5.74) is -0.321. The molecule has 3 rings (SSSR count). The molecule has 0 aromatic carbocycles. The zero-order valence-corrected chi connectivity index (χ0v) is 12.2. The Morgan fingerprint density at radius 1 is 1.52 bits per heavy atom. The predicted octanol–water partition coefficient (Wildman–Crippen LogP) is 2.39. The van der Waals surface area contributed by atoms with Crippen LogP contribution in [-0.2, 0) is 6.42 Å². The van der Waals surface area contributed by atoms with Crippen LogP contribution in [0.5, 0.6) is 0 Å². The largest absolute Gasteiger partial charge is 0.337 e. The van der Waals surface area contributed by atoms with E-state index in [1.54, 1.807) is 6.92 Å². The number of likely N-dealkylation sites (tertiary alicyclic amines) is 1. The lowest BCUT2D eigenvalue weighted by Gasteiger charge is -2.21. The topological polar surface area (TPSA) is 72.1 Å². The number of aromatic nitrogens is 3. The smallest absolute Gasteiger partial charge is 0.267 e. The quantitative estimate of drug-likeness (QED) is 0.866. The Hall–Kier alpha value is -2.45. The zero-order chi connectivity index (χ0) is 16.6. The Morgan fingerprint density at radius 2 is 2.30 bits per heavy atom. The molecule has 0 unspecified atom stereocenters. The summed E-state index contributed by atoms with van der Waals surface area (Å²) in [4.78, 5) is 20.9. The molecule has 1 atom stereocenters. The molecule has 0 radical (unpaired) electrons. The van der Waals surface area contributed by atoms with Crippen LogP contribution < -0.4 is 0 Å². The number of hydrogen-bond acceptors (Lipinski definition) is 5. The summed E-state index contributed by atoms with van der Waals surface area (Å²) in [7, 11) is 0. The molecule has 0 bridgehead atoms. The van der Waals surface area contributed by atoms with Crippen molar-refractivity contribution in [2.75, 3.05) is 6.54 Å². The normalized spacial score (nSPS) is 20.0. The third kappa shape index (κ3) is 2.90. The van der Waals surface area contributed by atoms with Gasteiger partial charge in [-0.2, -0.15) is 4.98 Å². The summed E-state index contributed by atoms with van der Waals surface area (Å²) < 4.78 is 46.3. The molecule has 1 amide bonds. The number of nitrogens with zero attached hydrogens (tertiary/aromatic N) is 4. The maximum atomic E-state index is 13.8. The summed E-state index contributed by atoms with van der Waals surface area (Å²) in [6, 6.07) is 0.0640. The van der Waals surface area contributed by atoms with E-state index in [2.05, 4.69) is 15.1 Å². The van der Waals surface area contributed by atoms with Crippen molar-refractivity contribution >= 4 is 5.91 Å².